The van der Waals surface area contributed by atoms with E-state index >= 15 is 0 Å². The quantitative estimate of drug-likeness (QED) is 0.265. The van der Waals surface area contributed by atoms with Crippen molar-refractivity contribution in [1.29, 1.82) is 0 Å². The predicted octanol–water partition coefficient (Wildman–Crippen LogP) is 1.36. The number of non-ortho nitro benzene ring substituents is 1. The van der Waals surface area contributed by atoms with E-state index in [-0.39, 0.29) is 24.6 Å². The minimum Gasteiger partial charge on any atom is -0.480 e. The number of hydrogen-bond acceptors (Lipinski definition) is 7. The first kappa shape index (κ1) is 25.5. The molecule has 31 heavy (non-hydrogen) atoms. The summed E-state index contributed by atoms with van der Waals surface area (Å²) < 4.78 is 4.92. The van der Waals surface area contributed by atoms with Crippen molar-refractivity contribution in [3.8, 4) is 0 Å². The fourth-order valence-electron chi connectivity index (χ4n) is 3.00. The summed E-state index contributed by atoms with van der Waals surface area (Å²) in [6.07, 6.45) is -0.380. The Morgan fingerprint density at radius 3 is 2.10 bits per heavy atom. The monoisotopic (exact) mass is 437 g/mol. The Bertz CT molecular complexity index is 822. The van der Waals surface area contributed by atoms with Crippen LogP contribution in [0.25, 0.3) is 0 Å². The highest BCUT2D eigenvalue weighted by Gasteiger charge is 2.35. The van der Waals surface area contributed by atoms with Gasteiger partial charge in [0.15, 0.2) is 0 Å². The van der Waals surface area contributed by atoms with Crippen molar-refractivity contribution < 1.29 is 33.9 Å². The number of amides is 2. The minimum absolute atomic E-state index is 0.0772. The van der Waals surface area contributed by atoms with E-state index in [2.05, 4.69) is 10.6 Å². The summed E-state index contributed by atoms with van der Waals surface area (Å²) in [6.45, 7) is 6.27. The van der Waals surface area contributed by atoms with Gasteiger partial charge in [-0.05, 0) is 18.4 Å². The number of hydrogen-bond donors (Lipinski definition) is 3. The summed E-state index contributed by atoms with van der Waals surface area (Å²) in [7, 11) is 0. The third kappa shape index (κ3) is 7.68. The third-order valence-corrected chi connectivity index (χ3v) is 4.50. The van der Waals surface area contributed by atoms with E-state index < -0.39 is 46.7 Å². The number of ether oxygens (including phenoxy) is 1. The van der Waals surface area contributed by atoms with Crippen molar-refractivity contribution in [2.24, 2.45) is 5.92 Å². The lowest BCUT2D eigenvalue weighted by Crippen LogP contribution is -2.55. The Hall–Kier alpha value is -3.50. The zero-order valence-corrected chi connectivity index (χ0v) is 17.8. The smallest absolute Gasteiger partial charge is 0.326 e. The molecule has 1 aromatic rings. The molecule has 0 bridgehead atoms. The lowest BCUT2D eigenvalue weighted by atomic mass is 9.87. The van der Waals surface area contributed by atoms with Crippen LogP contribution in [0.15, 0.2) is 24.3 Å². The van der Waals surface area contributed by atoms with Crippen molar-refractivity contribution in [3.05, 3.63) is 39.9 Å². The summed E-state index contributed by atoms with van der Waals surface area (Å²) in [5.41, 5.74) is 0.0899. The molecule has 3 atom stereocenters. The normalized spacial score (nSPS) is 13.6. The number of esters is 1. The maximum atomic E-state index is 12.7. The van der Waals surface area contributed by atoms with E-state index in [9.17, 15) is 34.4 Å². The molecule has 0 aromatic heterocycles. The van der Waals surface area contributed by atoms with Crippen LogP contribution in [0.2, 0.25) is 0 Å². The number of rotatable bonds is 11. The summed E-state index contributed by atoms with van der Waals surface area (Å²) in [4.78, 5) is 58.6. The van der Waals surface area contributed by atoms with Crippen LogP contribution in [0, 0.1) is 16.0 Å². The van der Waals surface area contributed by atoms with Crippen LogP contribution in [0.4, 0.5) is 5.69 Å². The molecule has 11 heteroatoms. The van der Waals surface area contributed by atoms with Crippen molar-refractivity contribution >= 4 is 29.4 Å². The number of aliphatic carboxylic acids is 1. The van der Waals surface area contributed by atoms with Gasteiger partial charge in [0.2, 0.25) is 11.8 Å². The second-order valence-corrected chi connectivity index (χ2v) is 7.21. The maximum Gasteiger partial charge on any atom is 0.326 e. The third-order valence-electron chi connectivity index (χ3n) is 4.50. The van der Waals surface area contributed by atoms with E-state index in [1.54, 1.807) is 20.8 Å². The Labute approximate surface area is 179 Å². The Balaban J connectivity index is 3.29. The number of carbonyl (C=O) groups is 4. The van der Waals surface area contributed by atoms with Crippen LogP contribution < -0.4 is 10.6 Å². The highest BCUT2D eigenvalue weighted by atomic mass is 16.6. The molecule has 0 unspecified atom stereocenters. The Morgan fingerprint density at radius 2 is 1.68 bits per heavy atom. The first-order chi connectivity index (χ1) is 14.5. The summed E-state index contributed by atoms with van der Waals surface area (Å²) >= 11 is 0. The summed E-state index contributed by atoms with van der Waals surface area (Å²) in [5.74, 6) is -4.68. The van der Waals surface area contributed by atoms with Gasteiger partial charge in [-0.2, -0.15) is 0 Å². The Morgan fingerprint density at radius 1 is 1.10 bits per heavy atom. The summed E-state index contributed by atoms with van der Waals surface area (Å²) in [5, 5.41) is 25.5. The average Bonchev–Trinajstić information content (AvgIpc) is 2.68. The molecule has 3 N–H and O–H groups in total. The van der Waals surface area contributed by atoms with Crippen molar-refractivity contribution in [2.75, 3.05) is 6.61 Å². The van der Waals surface area contributed by atoms with Gasteiger partial charge in [-0.15, -0.1) is 0 Å². The molecule has 1 aromatic carbocycles. The number of carboxylic acid groups (broad SMARTS) is 1. The molecular formula is C20H27N3O8. The number of nitrogens with one attached hydrogen (secondary N) is 2. The van der Waals surface area contributed by atoms with E-state index in [0.717, 1.165) is 0 Å². The van der Waals surface area contributed by atoms with Crippen molar-refractivity contribution in [1.82, 2.24) is 10.6 Å². The van der Waals surface area contributed by atoms with E-state index in [4.69, 9.17) is 4.74 Å². The molecule has 170 valence electrons. The molecule has 0 aliphatic carbocycles. The molecular weight excluding hydrogens is 410 g/mol. The summed E-state index contributed by atoms with van der Waals surface area (Å²) in [6, 6.07) is 2.49. The fraction of sp³-hybridized carbons (Fsp3) is 0.500. The topological polar surface area (TPSA) is 165 Å². The number of carboxylic acids is 1. The van der Waals surface area contributed by atoms with Gasteiger partial charge in [0.1, 0.15) is 12.1 Å². The maximum absolute atomic E-state index is 12.7. The molecule has 0 radical (unpaired) electrons. The molecule has 11 nitrogen and oxygen atoms in total. The molecule has 0 heterocycles. The van der Waals surface area contributed by atoms with Crippen LogP contribution in [0.3, 0.4) is 0 Å². The van der Waals surface area contributed by atoms with Gasteiger partial charge >= 0.3 is 11.9 Å². The second kappa shape index (κ2) is 11.6. The van der Waals surface area contributed by atoms with Crippen molar-refractivity contribution in [3.63, 3.8) is 0 Å². The second-order valence-electron chi connectivity index (χ2n) is 7.21. The SMILES string of the molecule is CCOC(=O)C[C@H](c1ccc([N+](=O)[O-])cc1)[C@@H](NC(=O)[C@H](NC(C)=O)C(C)C)C(=O)O. The van der Waals surface area contributed by atoms with Crippen LogP contribution in [0.5, 0.6) is 0 Å². The first-order valence-corrected chi connectivity index (χ1v) is 9.68. The number of nitro groups is 1. The molecule has 0 aliphatic heterocycles. The zero-order chi connectivity index (χ0) is 23.7. The Kier molecular flexibility index (Phi) is 9.58. The lowest BCUT2D eigenvalue weighted by molar-refractivity contribution is -0.384. The fourth-order valence-corrected chi connectivity index (χ4v) is 3.00. The lowest BCUT2D eigenvalue weighted by Gasteiger charge is -2.28. The van der Waals surface area contributed by atoms with Crippen LogP contribution in [-0.4, -0.2) is 52.5 Å². The van der Waals surface area contributed by atoms with Gasteiger partial charge in [0.05, 0.1) is 18.0 Å². The van der Waals surface area contributed by atoms with Gasteiger partial charge in [-0.3, -0.25) is 24.5 Å². The largest absolute Gasteiger partial charge is 0.480 e. The van der Waals surface area contributed by atoms with Gasteiger partial charge in [-0.25, -0.2) is 4.79 Å². The number of carbonyl (C=O) groups excluding carboxylic acids is 3. The van der Waals surface area contributed by atoms with Gasteiger partial charge in [-0.1, -0.05) is 26.0 Å². The van der Waals surface area contributed by atoms with E-state index in [1.165, 1.54) is 31.2 Å². The van der Waals surface area contributed by atoms with Crippen LogP contribution in [-0.2, 0) is 23.9 Å². The zero-order valence-electron chi connectivity index (χ0n) is 17.8. The number of nitrogens with zero attached hydrogens (tertiary/aromatic N) is 1. The minimum atomic E-state index is -1.55. The van der Waals surface area contributed by atoms with E-state index in [0.29, 0.717) is 5.56 Å². The standard InChI is InChI=1S/C20H27N3O8/c1-5-31-16(25)10-15(13-6-8-14(9-7-13)23(29)30)18(20(27)28)22-19(26)17(11(2)3)21-12(4)24/h6-9,11,15,17-18H,5,10H2,1-4H3,(H,21,24)(H,22,26)(H,27,28)/t15-,17-,18-/m1/s1. The molecule has 0 spiro atoms. The van der Waals surface area contributed by atoms with E-state index in [1.807, 2.05) is 0 Å². The van der Waals surface area contributed by atoms with Gasteiger partial charge < -0.3 is 20.5 Å². The van der Waals surface area contributed by atoms with Crippen molar-refractivity contribution in [2.45, 2.75) is 52.1 Å². The molecule has 0 fully saturated rings. The number of nitro benzene ring substituents is 1. The molecule has 0 saturated carbocycles. The van der Waals surface area contributed by atoms with Crippen LogP contribution >= 0.6 is 0 Å². The highest BCUT2D eigenvalue weighted by molar-refractivity contribution is 5.90. The molecule has 1 rings (SSSR count). The average molecular weight is 437 g/mol. The van der Waals surface area contributed by atoms with Gasteiger partial charge in [0, 0.05) is 25.0 Å². The highest BCUT2D eigenvalue weighted by Crippen LogP contribution is 2.27. The predicted molar refractivity (Wildman–Crippen MR) is 109 cm³/mol. The first-order valence-electron chi connectivity index (χ1n) is 9.68. The molecule has 2 amide bonds. The molecule has 0 saturated heterocycles. The van der Waals surface area contributed by atoms with Crippen LogP contribution in [0.1, 0.15) is 45.6 Å². The molecule has 0 aliphatic rings. The van der Waals surface area contributed by atoms with Gasteiger partial charge in [0.25, 0.3) is 5.69 Å². The number of benzene rings is 1.